The first-order chi connectivity index (χ1) is 29.0. The van der Waals surface area contributed by atoms with Crippen LogP contribution in [0.25, 0.3) is 0 Å². The maximum atomic E-state index is 12.8. The van der Waals surface area contributed by atoms with Crippen molar-refractivity contribution < 1.29 is 28.6 Å². The number of allylic oxidation sites excluding steroid dienone is 4. The van der Waals surface area contributed by atoms with Crippen LogP contribution in [0.1, 0.15) is 278 Å². The van der Waals surface area contributed by atoms with Gasteiger partial charge in [-0.15, -0.1) is 0 Å². The molecular formula is C53H98O6. The molecule has 59 heavy (non-hydrogen) atoms. The van der Waals surface area contributed by atoms with Crippen LogP contribution in [-0.4, -0.2) is 37.2 Å². The highest BCUT2D eigenvalue weighted by Gasteiger charge is 2.19. The molecule has 6 heteroatoms. The van der Waals surface area contributed by atoms with Gasteiger partial charge in [-0.2, -0.15) is 0 Å². The van der Waals surface area contributed by atoms with Crippen LogP contribution in [0.4, 0.5) is 0 Å². The summed E-state index contributed by atoms with van der Waals surface area (Å²) >= 11 is 0. The summed E-state index contributed by atoms with van der Waals surface area (Å²) < 4.78 is 16.8. The fraction of sp³-hybridized carbons (Fsp3) is 0.868. The van der Waals surface area contributed by atoms with E-state index < -0.39 is 6.10 Å². The molecule has 6 nitrogen and oxygen atoms in total. The van der Waals surface area contributed by atoms with Gasteiger partial charge in [0.25, 0.3) is 0 Å². The number of rotatable bonds is 47. The Labute approximate surface area is 366 Å². The van der Waals surface area contributed by atoms with Crippen molar-refractivity contribution in [3.63, 3.8) is 0 Å². The minimum atomic E-state index is -0.773. The second-order valence-electron chi connectivity index (χ2n) is 17.4. The number of ether oxygens (including phenoxy) is 3. The minimum absolute atomic E-state index is 0.0739. The van der Waals surface area contributed by atoms with Crippen LogP contribution in [0.5, 0.6) is 0 Å². The highest BCUT2D eigenvalue weighted by Crippen LogP contribution is 2.15. The Morgan fingerprint density at radius 3 is 0.847 bits per heavy atom. The summed E-state index contributed by atoms with van der Waals surface area (Å²) in [4.78, 5) is 37.9. The number of carbonyl (C=O) groups is 3. The van der Waals surface area contributed by atoms with E-state index in [1.54, 1.807) is 0 Å². The zero-order valence-electron chi connectivity index (χ0n) is 39.5. The van der Waals surface area contributed by atoms with Gasteiger partial charge in [-0.05, 0) is 70.6 Å². The summed E-state index contributed by atoms with van der Waals surface area (Å²) in [6.07, 6.45) is 54.4. The van der Waals surface area contributed by atoms with E-state index >= 15 is 0 Å². The number of esters is 3. The molecule has 0 aliphatic carbocycles. The van der Waals surface area contributed by atoms with E-state index in [2.05, 4.69) is 45.1 Å². The molecule has 0 saturated carbocycles. The number of carbonyl (C=O) groups excluding carboxylic acids is 3. The molecule has 346 valence electrons. The molecule has 0 bridgehead atoms. The van der Waals surface area contributed by atoms with Gasteiger partial charge in [-0.3, -0.25) is 14.4 Å². The van der Waals surface area contributed by atoms with Gasteiger partial charge in [-0.25, -0.2) is 0 Å². The Morgan fingerprint density at radius 1 is 0.322 bits per heavy atom. The standard InChI is InChI=1S/C53H98O6/c1-4-7-10-13-16-19-22-24-26-28-29-31-34-37-40-43-46-52(55)58-49-50(48-57-51(54)45-42-39-36-33-21-18-15-12-9-6-3)59-53(56)47-44-41-38-35-32-30-27-25-23-20-17-14-11-8-5-2/h25-28,50H,4-24,29-49H2,1-3H3/b27-25-,28-26-. The zero-order valence-corrected chi connectivity index (χ0v) is 39.5. The summed E-state index contributed by atoms with van der Waals surface area (Å²) in [6, 6.07) is 0. The predicted octanol–water partition coefficient (Wildman–Crippen LogP) is 16.8. The van der Waals surface area contributed by atoms with Crippen molar-refractivity contribution in [2.75, 3.05) is 13.2 Å². The van der Waals surface area contributed by atoms with Crippen molar-refractivity contribution in [2.24, 2.45) is 0 Å². The average molecular weight is 831 g/mol. The van der Waals surface area contributed by atoms with Crippen LogP contribution in [0.15, 0.2) is 24.3 Å². The van der Waals surface area contributed by atoms with Gasteiger partial charge in [-0.1, -0.05) is 212 Å². The smallest absolute Gasteiger partial charge is 0.306 e. The first-order valence-electron chi connectivity index (χ1n) is 25.8. The molecule has 1 atom stereocenters. The molecule has 0 N–H and O–H groups in total. The molecule has 0 fully saturated rings. The second-order valence-corrected chi connectivity index (χ2v) is 17.4. The van der Waals surface area contributed by atoms with E-state index in [0.717, 1.165) is 70.6 Å². The lowest BCUT2D eigenvalue weighted by Gasteiger charge is -2.18. The Bertz CT molecular complexity index is 958. The maximum absolute atomic E-state index is 12.8. The average Bonchev–Trinajstić information content (AvgIpc) is 3.23. The van der Waals surface area contributed by atoms with E-state index in [1.165, 1.54) is 167 Å². The molecule has 0 spiro atoms. The van der Waals surface area contributed by atoms with Crippen molar-refractivity contribution in [2.45, 2.75) is 284 Å². The molecule has 0 aliphatic rings. The van der Waals surface area contributed by atoms with Crippen LogP contribution in [0.2, 0.25) is 0 Å². The molecule has 0 aromatic carbocycles. The molecule has 0 aromatic heterocycles. The number of hydrogen-bond acceptors (Lipinski definition) is 6. The Hall–Kier alpha value is -2.11. The van der Waals surface area contributed by atoms with E-state index in [4.69, 9.17) is 14.2 Å². The zero-order chi connectivity index (χ0) is 43.0. The first kappa shape index (κ1) is 56.9. The van der Waals surface area contributed by atoms with E-state index in [1.807, 2.05) is 0 Å². The van der Waals surface area contributed by atoms with Gasteiger partial charge in [0.2, 0.25) is 0 Å². The van der Waals surface area contributed by atoms with Gasteiger partial charge in [0.05, 0.1) is 0 Å². The van der Waals surface area contributed by atoms with Crippen molar-refractivity contribution in [3.8, 4) is 0 Å². The highest BCUT2D eigenvalue weighted by molar-refractivity contribution is 5.71. The van der Waals surface area contributed by atoms with Gasteiger partial charge < -0.3 is 14.2 Å². The molecule has 0 amide bonds. The third kappa shape index (κ3) is 46.8. The third-order valence-electron chi connectivity index (χ3n) is 11.4. The van der Waals surface area contributed by atoms with Crippen LogP contribution in [0.3, 0.4) is 0 Å². The lowest BCUT2D eigenvalue weighted by molar-refractivity contribution is -0.167. The van der Waals surface area contributed by atoms with Gasteiger partial charge >= 0.3 is 17.9 Å². The van der Waals surface area contributed by atoms with Crippen molar-refractivity contribution in [1.82, 2.24) is 0 Å². The molecule has 1 unspecified atom stereocenters. The van der Waals surface area contributed by atoms with E-state index in [9.17, 15) is 14.4 Å². The maximum Gasteiger partial charge on any atom is 0.306 e. The van der Waals surface area contributed by atoms with Crippen LogP contribution in [-0.2, 0) is 28.6 Å². The van der Waals surface area contributed by atoms with Crippen LogP contribution in [0, 0.1) is 0 Å². The predicted molar refractivity (Wildman–Crippen MR) is 252 cm³/mol. The first-order valence-corrected chi connectivity index (χ1v) is 25.8. The summed E-state index contributed by atoms with van der Waals surface area (Å²) in [7, 11) is 0. The van der Waals surface area contributed by atoms with E-state index in [0.29, 0.717) is 19.3 Å². The normalized spacial score (nSPS) is 12.1. The molecule has 0 aliphatic heterocycles. The van der Waals surface area contributed by atoms with Gasteiger partial charge in [0.15, 0.2) is 6.10 Å². The Kier molecular flexibility index (Phi) is 46.8. The molecule has 0 rings (SSSR count). The molecule has 0 aromatic rings. The lowest BCUT2D eigenvalue weighted by atomic mass is 10.1. The third-order valence-corrected chi connectivity index (χ3v) is 11.4. The molecular weight excluding hydrogens is 733 g/mol. The van der Waals surface area contributed by atoms with Crippen molar-refractivity contribution in [1.29, 1.82) is 0 Å². The van der Waals surface area contributed by atoms with Crippen LogP contribution < -0.4 is 0 Å². The number of unbranched alkanes of at least 4 members (excludes halogenated alkanes) is 32. The molecule has 0 heterocycles. The minimum Gasteiger partial charge on any atom is -0.462 e. The highest BCUT2D eigenvalue weighted by atomic mass is 16.6. The lowest BCUT2D eigenvalue weighted by Crippen LogP contribution is -2.30. The van der Waals surface area contributed by atoms with E-state index in [-0.39, 0.29) is 31.1 Å². The fourth-order valence-corrected chi connectivity index (χ4v) is 7.49. The fourth-order valence-electron chi connectivity index (χ4n) is 7.49. The molecule has 0 saturated heterocycles. The quantitative estimate of drug-likeness (QED) is 0.0263. The Balaban J connectivity index is 4.34. The summed E-state index contributed by atoms with van der Waals surface area (Å²) in [5.41, 5.74) is 0. The topological polar surface area (TPSA) is 78.9 Å². The SMILES string of the molecule is CCCCCCCC/C=C\CCCCCCCC(=O)OC(COC(=O)CCCCCCC/C=C\CCCCCCCCC)COC(=O)CCCCCCCCCCCC. The molecule has 0 radical (unpaired) electrons. The summed E-state index contributed by atoms with van der Waals surface area (Å²) in [6.45, 7) is 6.63. The summed E-state index contributed by atoms with van der Waals surface area (Å²) in [5, 5.41) is 0. The van der Waals surface area contributed by atoms with Crippen molar-refractivity contribution in [3.05, 3.63) is 24.3 Å². The van der Waals surface area contributed by atoms with Gasteiger partial charge in [0, 0.05) is 19.3 Å². The monoisotopic (exact) mass is 831 g/mol. The summed E-state index contributed by atoms with van der Waals surface area (Å²) in [5.74, 6) is -0.881. The van der Waals surface area contributed by atoms with Crippen LogP contribution >= 0.6 is 0 Å². The van der Waals surface area contributed by atoms with Gasteiger partial charge in [0.1, 0.15) is 13.2 Å². The second kappa shape index (κ2) is 48.6. The number of hydrogen-bond donors (Lipinski definition) is 0. The van der Waals surface area contributed by atoms with Crippen molar-refractivity contribution >= 4 is 17.9 Å². The largest absolute Gasteiger partial charge is 0.462 e. The Morgan fingerprint density at radius 2 is 0.559 bits per heavy atom.